The molecule has 5 aliphatic rings. The minimum Gasteiger partial charge on any atom is -0.443 e. The highest BCUT2D eigenvalue weighted by atomic mass is 16.6. The van der Waals surface area contributed by atoms with Crippen molar-refractivity contribution in [2.75, 3.05) is 6.54 Å². The standard InChI is InChI=1S/C20H25NO2/c22-19(21-6-5-17-3-1-2-4-18(17)13-21)23-20-10-14-7-15(11-20)9-16(8-14)12-20/h1-4,14-16H,5-13H2. The molecule has 0 spiro atoms. The maximum atomic E-state index is 12.8. The maximum Gasteiger partial charge on any atom is 0.410 e. The number of fused-ring (bicyclic) bond motifs is 1. The van der Waals surface area contributed by atoms with Gasteiger partial charge in [-0.05, 0) is 73.8 Å². The summed E-state index contributed by atoms with van der Waals surface area (Å²) in [4.78, 5) is 14.7. The molecule has 0 N–H and O–H groups in total. The Hall–Kier alpha value is -1.51. The third-order valence-corrected chi connectivity index (χ3v) is 6.67. The maximum absolute atomic E-state index is 12.8. The van der Waals surface area contributed by atoms with E-state index < -0.39 is 0 Å². The van der Waals surface area contributed by atoms with Crippen LogP contribution in [0.3, 0.4) is 0 Å². The summed E-state index contributed by atoms with van der Waals surface area (Å²) in [6.45, 7) is 1.50. The lowest BCUT2D eigenvalue weighted by molar-refractivity contribution is -0.134. The van der Waals surface area contributed by atoms with E-state index in [2.05, 4.69) is 24.3 Å². The van der Waals surface area contributed by atoms with Gasteiger partial charge in [-0.1, -0.05) is 24.3 Å². The van der Waals surface area contributed by atoms with E-state index >= 15 is 0 Å². The molecule has 1 aromatic carbocycles. The molecule has 1 aromatic rings. The molecule has 1 amide bonds. The summed E-state index contributed by atoms with van der Waals surface area (Å²) in [5.74, 6) is 2.45. The van der Waals surface area contributed by atoms with Gasteiger partial charge in [-0.3, -0.25) is 0 Å². The van der Waals surface area contributed by atoms with Crippen LogP contribution < -0.4 is 0 Å². The second kappa shape index (κ2) is 4.99. The van der Waals surface area contributed by atoms with E-state index in [9.17, 15) is 4.79 Å². The van der Waals surface area contributed by atoms with Crippen LogP contribution in [-0.2, 0) is 17.7 Å². The van der Waals surface area contributed by atoms with Crippen LogP contribution in [0.4, 0.5) is 4.79 Å². The van der Waals surface area contributed by atoms with Crippen LogP contribution in [0, 0.1) is 17.8 Å². The van der Waals surface area contributed by atoms with E-state index in [0.29, 0.717) is 6.54 Å². The summed E-state index contributed by atoms with van der Waals surface area (Å²) in [5.41, 5.74) is 2.54. The summed E-state index contributed by atoms with van der Waals surface area (Å²) in [6.07, 6.45) is 8.39. The Labute approximate surface area is 138 Å². The van der Waals surface area contributed by atoms with Crippen molar-refractivity contribution >= 4 is 6.09 Å². The van der Waals surface area contributed by atoms with Gasteiger partial charge in [0.25, 0.3) is 0 Å². The third-order valence-electron chi connectivity index (χ3n) is 6.67. The average molecular weight is 311 g/mol. The number of rotatable bonds is 1. The van der Waals surface area contributed by atoms with Gasteiger partial charge in [0, 0.05) is 13.1 Å². The molecule has 6 rings (SSSR count). The minimum absolute atomic E-state index is 0.0681. The van der Waals surface area contributed by atoms with Crippen molar-refractivity contribution in [3.63, 3.8) is 0 Å². The molecule has 3 nitrogen and oxygen atoms in total. The fourth-order valence-electron chi connectivity index (χ4n) is 6.06. The molecule has 0 atom stereocenters. The molecule has 1 aliphatic heterocycles. The molecule has 0 radical (unpaired) electrons. The number of carbonyl (C=O) groups is 1. The molecule has 4 aliphatic carbocycles. The van der Waals surface area contributed by atoms with E-state index in [4.69, 9.17) is 4.74 Å². The van der Waals surface area contributed by atoms with Crippen molar-refractivity contribution in [3.8, 4) is 0 Å². The monoisotopic (exact) mass is 311 g/mol. The molecule has 0 unspecified atom stereocenters. The summed E-state index contributed by atoms with van der Waals surface area (Å²) < 4.78 is 6.19. The van der Waals surface area contributed by atoms with Crippen LogP contribution in [0.1, 0.15) is 49.7 Å². The van der Waals surface area contributed by atoms with Gasteiger partial charge < -0.3 is 9.64 Å². The molecule has 23 heavy (non-hydrogen) atoms. The van der Waals surface area contributed by atoms with Gasteiger partial charge in [0.2, 0.25) is 0 Å². The zero-order valence-corrected chi connectivity index (χ0v) is 13.7. The van der Waals surface area contributed by atoms with Gasteiger partial charge in [0.05, 0.1) is 0 Å². The lowest BCUT2D eigenvalue weighted by Crippen LogP contribution is -2.54. The minimum atomic E-state index is -0.122. The van der Waals surface area contributed by atoms with Gasteiger partial charge >= 0.3 is 6.09 Å². The van der Waals surface area contributed by atoms with Crippen LogP contribution >= 0.6 is 0 Å². The average Bonchev–Trinajstić information content (AvgIpc) is 2.52. The second-order valence-corrected chi connectivity index (χ2v) is 8.41. The molecule has 3 heteroatoms. The van der Waals surface area contributed by atoms with Crippen molar-refractivity contribution < 1.29 is 9.53 Å². The van der Waals surface area contributed by atoms with Gasteiger partial charge in [0.1, 0.15) is 5.60 Å². The van der Waals surface area contributed by atoms with Gasteiger partial charge in [-0.15, -0.1) is 0 Å². The Morgan fingerprint density at radius 1 is 1.00 bits per heavy atom. The smallest absolute Gasteiger partial charge is 0.410 e. The fraction of sp³-hybridized carbons (Fsp3) is 0.650. The van der Waals surface area contributed by atoms with Crippen LogP contribution in [0.25, 0.3) is 0 Å². The number of nitrogens with zero attached hydrogens (tertiary/aromatic N) is 1. The summed E-state index contributed by atoms with van der Waals surface area (Å²) >= 11 is 0. The Kier molecular flexibility index (Phi) is 3.01. The van der Waals surface area contributed by atoms with Crippen molar-refractivity contribution in [1.29, 1.82) is 0 Å². The predicted molar refractivity (Wildman–Crippen MR) is 87.9 cm³/mol. The molecule has 0 aromatic heterocycles. The van der Waals surface area contributed by atoms with E-state index in [1.165, 1.54) is 30.4 Å². The summed E-state index contributed by atoms with van der Waals surface area (Å²) in [6, 6.07) is 8.46. The molecule has 122 valence electrons. The van der Waals surface area contributed by atoms with Crippen molar-refractivity contribution in [1.82, 2.24) is 4.90 Å². The molecule has 4 fully saturated rings. The number of hydrogen-bond donors (Lipinski definition) is 0. The van der Waals surface area contributed by atoms with Gasteiger partial charge in [0.15, 0.2) is 0 Å². The van der Waals surface area contributed by atoms with Crippen molar-refractivity contribution in [3.05, 3.63) is 35.4 Å². The summed E-state index contributed by atoms with van der Waals surface area (Å²) in [5, 5.41) is 0. The van der Waals surface area contributed by atoms with Crippen LogP contribution in [0.5, 0.6) is 0 Å². The lowest BCUT2D eigenvalue weighted by Gasteiger charge is -2.55. The van der Waals surface area contributed by atoms with Crippen molar-refractivity contribution in [2.45, 2.75) is 57.1 Å². The molecular formula is C20H25NO2. The first-order chi connectivity index (χ1) is 11.2. The van der Waals surface area contributed by atoms with Crippen LogP contribution in [-0.4, -0.2) is 23.1 Å². The zero-order chi connectivity index (χ0) is 15.4. The second-order valence-electron chi connectivity index (χ2n) is 8.41. The zero-order valence-electron chi connectivity index (χ0n) is 13.7. The quantitative estimate of drug-likeness (QED) is 0.780. The topological polar surface area (TPSA) is 29.5 Å². The first kappa shape index (κ1) is 13.9. The number of carbonyl (C=O) groups excluding carboxylic acids is 1. The van der Waals surface area contributed by atoms with E-state index in [1.807, 2.05) is 4.90 Å². The van der Waals surface area contributed by atoms with E-state index in [-0.39, 0.29) is 11.7 Å². The number of ether oxygens (including phenoxy) is 1. The third kappa shape index (κ3) is 2.36. The Balaban J connectivity index is 1.31. The lowest BCUT2D eigenvalue weighted by atomic mass is 9.54. The van der Waals surface area contributed by atoms with Crippen molar-refractivity contribution in [2.24, 2.45) is 17.8 Å². The highest BCUT2D eigenvalue weighted by Gasteiger charge is 2.53. The van der Waals surface area contributed by atoms with Crippen LogP contribution in [0.15, 0.2) is 24.3 Å². The van der Waals surface area contributed by atoms with Crippen LogP contribution in [0.2, 0.25) is 0 Å². The summed E-state index contributed by atoms with van der Waals surface area (Å²) in [7, 11) is 0. The predicted octanol–water partition coefficient (Wildman–Crippen LogP) is 4.15. The largest absolute Gasteiger partial charge is 0.443 e. The Morgan fingerprint density at radius 2 is 1.61 bits per heavy atom. The molecule has 4 bridgehead atoms. The highest BCUT2D eigenvalue weighted by Crippen LogP contribution is 2.57. The van der Waals surface area contributed by atoms with E-state index in [1.54, 1.807) is 0 Å². The number of amides is 1. The van der Waals surface area contributed by atoms with Gasteiger partial charge in [-0.25, -0.2) is 4.79 Å². The number of hydrogen-bond acceptors (Lipinski definition) is 2. The number of benzene rings is 1. The Bertz CT molecular complexity index is 603. The highest BCUT2D eigenvalue weighted by molar-refractivity contribution is 5.69. The normalized spacial score (nSPS) is 37.6. The molecule has 4 saturated carbocycles. The fourth-order valence-corrected chi connectivity index (χ4v) is 6.06. The SMILES string of the molecule is O=C(OC12CC3CC(CC(C3)C1)C2)N1CCc2ccccc2C1. The first-order valence-corrected chi connectivity index (χ1v) is 9.24. The molecule has 0 saturated heterocycles. The first-order valence-electron chi connectivity index (χ1n) is 9.24. The molecule has 1 heterocycles. The van der Waals surface area contributed by atoms with Gasteiger partial charge in [-0.2, -0.15) is 0 Å². The van der Waals surface area contributed by atoms with E-state index in [0.717, 1.165) is 50.0 Å². The molecular weight excluding hydrogens is 286 g/mol. The Morgan fingerprint density at radius 3 is 2.26 bits per heavy atom.